The minimum absolute atomic E-state index is 0.183. The summed E-state index contributed by atoms with van der Waals surface area (Å²) in [4.78, 5) is 0. The van der Waals surface area contributed by atoms with Crippen molar-refractivity contribution in [2.45, 2.75) is 12.5 Å². The highest BCUT2D eigenvalue weighted by molar-refractivity contribution is 9.10. The van der Waals surface area contributed by atoms with Crippen LogP contribution in [0.3, 0.4) is 0 Å². The number of hydrogen-bond donors (Lipinski definition) is 0. The second-order valence-electron chi connectivity index (χ2n) is 3.91. The van der Waals surface area contributed by atoms with Crippen LogP contribution in [-0.4, -0.2) is 0 Å². The molecule has 0 bridgehead atoms. The van der Waals surface area contributed by atoms with Crippen LogP contribution in [0.2, 0.25) is 0 Å². The molecule has 0 saturated heterocycles. The van der Waals surface area contributed by atoms with Crippen molar-refractivity contribution in [3.8, 4) is 5.75 Å². The number of rotatable bonds is 4. The van der Waals surface area contributed by atoms with Gasteiger partial charge in [0.05, 0.1) is 0 Å². The average molecular weight is 408 g/mol. The van der Waals surface area contributed by atoms with Crippen LogP contribution in [0.15, 0.2) is 45.3 Å². The highest BCUT2D eigenvalue weighted by atomic mass is 79.9. The van der Waals surface area contributed by atoms with Crippen LogP contribution in [0, 0.1) is 5.82 Å². The smallest absolute Gasteiger partial charge is 0.130 e. The Morgan fingerprint density at radius 2 is 1.84 bits per heavy atom. The van der Waals surface area contributed by atoms with Gasteiger partial charge in [0.25, 0.3) is 0 Å². The summed E-state index contributed by atoms with van der Waals surface area (Å²) in [6, 6.07) is 10.4. The molecule has 0 spiro atoms. The molecule has 0 unspecified atom stereocenters. The Bertz CT molecular complexity index is 590. The minimum Gasteiger partial charge on any atom is -0.489 e. The maximum atomic E-state index is 13.6. The fourth-order valence-corrected chi connectivity index (χ4v) is 2.65. The van der Waals surface area contributed by atoms with Crippen LogP contribution in [0.4, 0.5) is 4.39 Å². The van der Waals surface area contributed by atoms with Crippen molar-refractivity contribution in [1.82, 2.24) is 0 Å². The van der Waals surface area contributed by atoms with Crippen LogP contribution in [0.5, 0.6) is 5.75 Å². The zero-order chi connectivity index (χ0) is 13.8. The summed E-state index contributed by atoms with van der Waals surface area (Å²) in [5, 5.41) is 0. The van der Waals surface area contributed by atoms with Gasteiger partial charge in [-0.25, -0.2) is 4.39 Å². The quantitative estimate of drug-likeness (QED) is 0.593. The van der Waals surface area contributed by atoms with Gasteiger partial charge in [0, 0.05) is 20.4 Å². The van der Waals surface area contributed by atoms with Crippen molar-refractivity contribution < 1.29 is 9.13 Å². The van der Waals surface area contributed by atoms with Crippen LogP contribution < -0.4 is 4.74 Å². The fourth-order valence-electron chi connectivity index (χ4n) is 1.54. The molecule has 0 saturated carbocycles. The lowest BCUT2D eigenvalue weighted by atomic mass is 10.2. The summed E-state index contributed by atoms with van der Waals surface area (Å²) < 4.78 is 20.8. The molecule has 0 atom stereocenters. The Labute approximate surface area is 133 Å². The van der Waals surface area contributed by atoms with Gasteiger partial charge in [0.1, 0.15) is 18.2 Å². The van der Waals surface area contributed by atoms with Gasteiger partial charge < -0.3 is 4.74 Å². The third-order valence-corrected chi connectivity index (χ3v) is 4.13. The molecular formula is C14H10Br2ClFO. The molecule has 0 fully saturated rings. The lowest BCUT2D eigenvalue weighted by Gasteiger charge is -2.09. The molecule has 0 radical (unpaired) electrons. The third kappa shape index (κ3) is 3.94. The molecule has 2 aromatic rings. The first-order chi connectivity index (χ1) is 9.10. The maximum Gasteiger partial charge on any atom is 0.130 e. The summed E-state index contributed by atoms with van der Waals surface area (Å²) in [5.74, 6) is 0.773. The zero-order valence-electron chi connectivity index (χ0n) is 9.80. The lowest BCUT2D eigenvalue weighted by molar-refractivity contribution is 0.299. The molecule has 0 heterocycles. The molecule has 2 rings (SSSR count). The predicted molar refractivity (Wildman–Crippen MR) is 82.1 cm³/mol. The Kier molecular flexibility index (Phi) is 5.25. The zero-order valence-corrected chi connectivity index (χ0v) is 13.7. The number of alkyl halides is 1. The van der Waals surface area contributed by atoms with E-state index in [4.69, 9.17) is 16.3 Å². The van der Waals surface area contributed by atoms with Crippen LogP contribution in [0.25, 0.3) is 0 Å². The third-order valence-electron chi connectivity index (χ3n) is 2.57. The summed E-state index contributed by atoms with van der Waals surface area (Å²) in [6.45, 7) is 0.183. The standard InChI is InChI=1S/C14H10Br2ClFO/c15-11-2-1-9(14(18)6-11)8-19-12-3-4-13(16)10(5-12)7-17/h1-6H,7-8H2. The van der Waals surface area contributed by atoms with Crippen molar-refractivity contribution in [2.75, 3.05) is 0 Å². The SMILES string of the molecule is Fc1cc(Br)ccc1COc1ccc(Br)c(CCl)c1. The van der Waals surface area contributed by atoms with E-state index < -0.39 is 0 Å². The van der Waals surface area contributed by atoms with E-state index in [9.17, 15) is 4.39 Å². The second-order valence-corrected chi connectivity index (χ2v) is 5.95. The number of hydrogen-bond acceptors (Lipinski definition) is 1. The van der Waals surface area contributed by atoms with Crippen molar-refractivity contribution in [2.24, 2.45) is 0 Å². The summed E-state index contributed by atoms with van der Waals surface area (Å²) in [7, 11) is 0. The van der Waals surface area contributed by atoms with Gasteiger partial charge in [-0.05, 0) is 35.9 Å². The van der Waals surface area contributed by atoms with Crippen molar-refractivity contribution in [3.05, 3.63) is 62.3 Å². The van der Waals surface area contributed by atoms with Crippen molar-refractivity contribution in [3.63, 3.8) is 0 Å². The summed E-state index contributed by atoms with van der Waals surface area (Å²) in [6.07, 6.45) is 0. The molecule has 100 valence electrons. The van der Waals surface area contributed by atoms with Gasteiger partial charge in [0.15, 0.2) is 0 Å². The van der Waals surface area contributed by atoms with Crippen LogP contribution >= 0.6 is 43.5 Å². The predicted octanol–water partition coefficient (Wildman–Crippen LogP) is 5.67. The van der Waals surface area contributed by atoms with Crippen LogP contribution in [0.1, 0.15) is 11.1 Å². The van der Waals surface area contributed by atoms with E-state index in [2.05, 4.69) is 31.9 Å². The van der Waals surface area contributed by atoms with E-state index in [1.54, 1.807) is 12.1 Å². The normalized spacial score (nSPS) is 10.5. The van der Waals surface area contributed by atoms with Gasteiger partial charge in [-0.2, -0.15) is 0 Å². The molecule has 0 amide bonds. The molecule has 0 aliphatic rings. The van der Waals surface area contributed by atoms with Crippen LogP contribution in [-0.2, 0) is 12.5 Å². The second kappa shape index (κ2) is 6.73. The van der Waals surface area contributed by atoms with E-state index in [0.717, 1.165) is 10.0 Å². The fraction of sp³-hybridized carbons (Fsp3) is 0.143. The van der Waals surface area contributed by atoms with Gasteiger partial charge in [-0.1, -0.05) is 37.9 Å². The van der Waals surface area contributed by atoms with E-state index >= 15 is 0 Å². The van der Waals surface area contributed by atoms with Gasteiger partial charge in [0.2, 0.25) is 0 Å². The first kappa shape index (κ1) is 14.8. The first-order valence-electron chi connectivity index (χ1n) is 5.51. The van der Waals surface area contributed by atoms with E-state index in [-0.39, 0.29) is 12.4 Å². The highest BCUT2D eigenvalue weighted by Crippen LogP contribution is 2.25. The molecule has 5 heteroatoms. The first-order valence-corrected chi connectivity index (χ1v) is 7.63. The number of benzene rings is 2. The maximum absolute atomic E-state index is 13.6. The lowest BCUT2D eigenvalue weighted by Crippen LogP contribution is -1.99. The molecule has 0 aromatic heterocycles. The van der Waals surface area contributed by atoms with Gasteiger partial charge >= 0.3 is 0 Å². The van der Waals surface area contributed by atoms with E-state index in [0.29, 0.717) is 21.7 Å². The number of halogens is 4. The Hall–Kier alpha value is -0.580. The topological polar surface area (TPSA) is 9.23 Å². The molecule has 1 nitrogen and oxygen atoms in total. The highest BCUT2D eigenvalue weighted by Gasteiger charge is 2.05. The van der Waals surface area contributed by atoms with Gasteiger partial charge in [-0.3, -0.25) is 0 Å². The Balaban J connectivity index is 2.10. The molecule has 0 N–H and O–H groups in total. The monoisotopic (exact) mass is 406 g/mol. The van der Waals surface area contributed by atoms with E-state index in [1.165, 1.54) is 6.07 Å². The summed E-state index contributed by atoms with van der Waals surface area (Å²) >= 11 is 12.4. The Morgan fingerprint density at radius 3 is 2.53 bits per heavy atom. The molecular weight excluding hydrogens is 398 g/mol. The number of ether oxygens (including phenoxy) is 1. The molecule has 2 aromatic carbocycles. The largest absolute Gasteiger partial charge is 0.489 e. The minimum atomic E-state index is -0.288. The van der Waals surface area contributed by atoms with Crippen molar-refractivity contribution >= 4 is 43.5 Å². The van der Waals surface area contributed by atoms with Gasteiger partial charge in [-0.15, -0.1) is 11.6 Å². The van der Waals surface area contributed by atoms with Crippen molar-refractivity contribution in [1.29, 1.82) is 0 Å². The molecule has 0 aliphatic carbocycles. The average Bonchev–Trinajstić information content (AvgIpc) is 2.39. The molecule has 0 aliphatic heterocycles. The molecule has 19 heavy (non-hydrogen) atoms. The summed E-state index contributed by atoms with van der Waals surface area (Å²) in [5.41, 5.74) is 1.45. The van der Waals surface area contributed by atoms with E-state index in [1.807, 2.05) is 18.2 Å². The Morgan fingerprint density at radius 1 is 1.05 bits per heavy atom.